The monoisotopic (exact) mass is 313 g/mol. The van der Waals surface area contributed by atoms with E-state index in [0.717, 1.165) is 13.0 Å². The maximum atomic E-state index is 4.93. The number of aryl methyl sites for hydroxylation is 1. The zero-order valence-electron chi connectivity index (χ0n) is 13.1. The van der Waals surface area contributed by atoms with E-state index in [0.29, 0.717) is 12.1 Å². The van der Waals surface area contributed by atoms with Crippen LogP contribution in [0, 0.1) is 0 Å². The minimum Gasteiger partial charge on any atom is -0.347 e. The fourth-order valence-electron chi connectivity index (χ4n) is 2.85. The summed E-state index contributed by atoms with van der Waals surface area (Å²) in [5.74, 6) is 1.17. The molecule has 2 rings (SSSR count). The van der Waals surface area contributed by atoms with Gasteiger partial charge in [-0.1, -0.05) is 25.2 Å². The van der Waals surface area contributed by atoms with Crippen LogP contribution in [-0.2, 0) is 6.42 Å². The third-order valence-electron chi connectivity index (χ3n) is 4.07. The van der Waals surface area contributed by atoms with Crippen LogP contribution in [0.5, 0.6) is 0 Å². The molecule has 3 nitrogen and oxygen atoms in total. The molecule has 0 saturated heterocycles. The average molecular weight is 314 g/mol. The molecule has 0 aliphatic heterocycles. The molecule has 1 heterocycles. The molecule has 0 fully saturated rings. The van der Waals surface area contributed by atoms with Gasteiger partial charge in [0.2, 0.25) is 0 Å². The molecule has 1 aliphatic rings. The molecular weight excluding hydrogens is 286 g/mol. The standard InChI is InChI=1S/C15H27N3S2/c1-5-11(10-19-4)18(3)15-17-13-9-7-8-12(16-6-2)14(13)20-15/h11-12,16H,5-10H2,1-4H3. The summed E-state index contributed by atoms with van der Waals surface area (Å²) in [7, 11) is 2.21. The molecule has 0 spiro atoms. The Labute approximate surface area is 131 Å². The second-order valence-electron chi connectivity index (χ2n) is 5.44. The van der Waals surface area contributed by atoms with Crippen LogP contribution in [0.4, 0.5) is 5.13 Å². The van der Waals surface area contributed by atoms with Gasteiger partial charge >= 0.3 is 0 Å². The lowest BCUT2D eigenvalue weighted by molar-refractivity contribution is 0.476. The predicted molar refractivity (Wildman–Crippen MR) is 92.3 cm³/mol. The first kappa shape index (κ1) is 16.1. The van der Waals surface area contributed by atoms with E-state index in [9.17, 15) is 0 Å². The molecule has 1 N–H and O–H groups in total. The average Bonchev–Trinajstić information content (AvgIpc) is 2.89. The molecule has 0 saturated carbocycles. The van der Waals surface area contributed by atoms with Crippen LogP contribution >= 0.6 is 23.1 Å². The summed E-state index contributed by atoms with van der Waals surface area (Å²) in [6.07, 6.45) is 7.04. The second kappa shape index (κ2) is 7.66. The van der Waals surface area contributed by atoms with Crippen molar-refractivity contribution in [1.82, 2.24) is 10.3 Å². The van der Waals surface area contributed by atoms with Gasteiger partial charge in [-0.3, -0.25) is 0 Å². The highest BCUT2D eigenvalue weighted by Gasteiger charge is 2.26. The van der Waals surface area contributed by atoms with Gasteiger partial charge in [-0.15, -0.1) is 0 Å². The number of hydrogen-bond acceptors (Lipinski definition) is 5. The van der Waals surface area contributed by atoms with Gasteiger partial charge < -0.3 is 10.2 Å². The number of nitrogens with zero attached hydrogens (tertiary/aromatic N) is 2. The number of hydrogen-bond donors (Lipinski definition) is 1. The molecule has 0 aromatic carbocycles. The van der Waals surface area contributed by atoms with Gasteiger partial charge in [-0.2, -0.15) is 11.8 Å². The van der Waals surface area contributed by atoms with Crippen molar-refractivity contribution in [2.45, 2.75) is 51.6 Å². The lowest BCUT2D eigenvalue weighted by Crippen LogP contribution is -2.33. The molecular formula is C15H27N3S2. The largest absolute Gasteiger partial charge is 0.347 e. The van der Waals surface area contributed by atoms with E-state index in [1.54, 1.807) is 0 Å². The zero-order valence-corrected chi connectivity index (χ0v) is 14.7. The van der Waals surface area contributed by atoms with E-state index in [2.05, 4.69) is 37.4 Å². The molecule has 2 unspecified atom stereocenters. The number of fused-ring (bicyclic) bond motifs is 1. The fourth-order valence-corrected chi connectivity index (χ4v) is 4.95. The van der Waals surface area contributed by atoms with E-state index in [1.807, 2.05) is 23.1 Å². The van der Waals surface area contributed by atoms with E-state index < -0.39 is 0 Å². The Hall–Kier alpha value is -0.260. The highest BCUT2D eigenvalue weighted by Crippen LogP contribution is 2.38. The Morgan fingerprint density at radius 3 is 2.95 bits per heavy atom. The smallest absolute Gasteiger partial charge is 0.185 e. The normalized spacial score (nSPS) is 19.7. The summed E-state index contributed by atoms with van der Waals surface area (Å²) in [4.78, 5) is 8.81. The number of rotatable bonds is 7. The van der Waals surface area contributed by atoms with Crippen LogP contribution in [-0.4, -0.2) is 36.6 Å². The van der Waals surface area contributed by atoms with E-state index >= 15 is 0 Å². The number of nitrogens with one attached hydrogen (secondary N) is 1. The van der Waals surface area contributed by atoms with Crippen LogP contribution in [0.2, 0.25) is 0 Å². The van der Waals surface area contributed by atoms with Gasteiger partial charge in [0, 0.05) is 29.8 Å². The highest BCUT2D eigenvalue weighted by molar-refractivity contribution is 7.98. The van der Waals surface area contributed by atoms with Gasteiger partial charge in [0.25, 0.3) is 0 Å². The van der Waals surface area contributed by atoms with Crippen LogP contribution in [0.25, 0.3) is 0 Å². The number of thiazole rings is 1. The maximum absolute atomic E-state index is 4.93. The van der Waals surface area contributed by atoms with Gasteiger partial charge in [0.15, 0.2) is 5.13 Å². The molecule has 1 aromatic rings. The van der Waals surface area contributed by atoms with E-state index in [-0.39, 0.29) is 0 Å². The summed E-state index contributed by atoms with van der Waals surface area (Å²) in [6, 6.07) is 1.12. The Kier molecular flexibility index (Phi) is 6.18. The Morgan fingerprint density at radius 1 is 1.50 bits per heavy atom. The van der Waals surface area contributed by atoms with Crippen molar-refractivity contribution < 1.29 is 0 Å². The predicted octanol–water partition coefficient (Wildman–Crippen LogP) is 3.71. The molecule has 20 heavy (non-hydrogen) atoms. The van der Waals surface area contributed by atoms with Gasteiger partial charge in [-0.25, -0.2) is 4.98 Å². The zero-order chi connectivity index (χ0) is 14.5. The van der Waals surface area contributed by atoms with Crippen LogP contribution in [0.1, 0.15) is 49.7 Å². The van der Waals surface area contributed by atoms with Crippen molar-refractivity contribution in [2.75, 3.05) is 30.5 Å². The Bertz CT molecular complexity index is 419. The highest BCUT2D eigenvalue weighted by atomic mass is 32.2. The molecule has 114 valence electrons. The van der Waals surface area contributed by atoms with Gasteiger partial charge in [-0.05, 0) is 38.5 Å². The quantitative estimate of drug-likeness (QED) is 0.830. The topological polar surface area (TPSA) is 28.2 Å². The van der Waals surface area contributed by atoms with Crippen molar-refractivity contribution in [2.24, 2.45) is 0 Å². The van der Waals surface area contributed by atoms with Crippen molar-refractivity contribution in [1.29, 1.82) is 0 Å². The molecule has 5 heteroatoms. The van der Waals surface area contributed by atoms with E-state index in [1.165, 1.54) is 40.7 Å². The number of anilines is 1. The van der Waals surface area contributed by atoms with Crippen molar-refractivity contribution in [3.8, 4) is 0 Å². The van der Waals surface area contributed by atoms with Crippen molar-refractivity contribution in [3.05, 3.63) is 10.6 Å². The number of aromatic nitrogens is 1. The Morgan fingerprint density at radius 2 is 2.30 bits per heavy atom. The Balaban J connectivity index is 2.17. The summed E-state index contributed by atoms with van der Waals surface area (Å²) in [6.45, 7) is 5.50. The minimum absolute atomic E-state index is 0.532. The van der Waals surface area contributed by atoms with Gasteiger partial charge in [0.05, 0.1) is 5.69 Å². The third kappa shape index (κ3) is 3.49. The van der Waals surface area contributed by atoms with Crippen LogP contribution in [0.3, 0.4) is 0 Å². The molecule has 1 aromatic heterocycles. The lowest BCUT2D eigenvalue weighted by Gasteiger charge is -2.26. The molecule has 0 radical (unpaired) electrons. The van der Waals surface area contributed by atoms with Gasteiger partial charge in [0.1, 0.15) is 0 Å². The molecule has 0 bridgehead atoms. The SMILES string of the molecule is CCNC1CCCc2nc(N(C)C(CC)CSC)sc21. The van der Waals surface area contributed by atoms with Crippen molar-refractivity contribution >= 4 is 28.2 Å². The van der Waals surface area contributed by atoms with E-state index in [4.69, 9.17) is 4.98 Å². The van der Waals surface area contributed by atoms with Crippen molar-refractivity contribution in [3.63, 3.8) is 0 Å². The second-order valence-corrected chi connectivity index (χ2v) is 7.36. The first-order valence-corrected chi connectivity index (χ1v) is 9.87. The number of thioether (sulfide) groups is 1. The molecule has 2 atom stereocenters. The summed E-state index contributed by atoms with van der Waals surface area (Å²) in [5, 5.41) is 4.82. The molecule has 0 amide bonds. The maximum Gasteiger partial charge on any atom is 0.185 e. The lowest BCUT2D eigenvalue weighted by atomic mass is 9.98. The first-order chi connectivity index (χ1) is 9.71. The van der Waals surface area contributed by atoms with Crippen LogP contribution in [0.15, 0.2) is 0 Å². The summed E-state index contributed by atoms with van der Waals surface area (Å²) >= 11 is 3.83. The summed E-state index contributed by atoms with van der Waals surface area (Å²) < 4.78 is 0. The third-order valence-corrected chi connectivity index (χ3v) is 6.09. The minimum atomic E-state index is 0.532. The van der Waals surface area contributed by atoms with Crippen LogP contribution < -0.4 is 10.2 Å². The molecule has 1 aliphatic carbocycles. The fraction of sp³-hybridized carbons (Fsp3) is 0.800. The first-order valence-electron chi connectivity index (χ1n) is 7.65. The summed E-state index contributed by atoms with van der Waals surface area (Å²) in [5.41, 5.74) is 1.34.